The molecule has 1 rings (SSSR count). The Hall–Kier alpha value is -0.860. The van der Waals surface area contributed by atoms with Gasteiger partial charge < -0.3 is 10.2 Å². The summed E-state index contributed by atoms with van der Waals surface area (Å²) in [6, 6.07) is 7.37. The highest BCUT2D eigenvalue weighted by molar-refractivity contribution is 5.27. The second-order valence-electron chi connectivity index (χ2n) is 2.70. The van der Waals surface area contributed by atoms with Gasteiger partial charge in [0, 0.05) is 0 Å². The first-order valence-corrected chi connectivity index (χ1v) is 3.85. The molecule has 1 aromatic carbocycles. The Kier molecular flexibility index (Phi) is 3.26. The van der Waals surface area contributed by atoms with Crippen molar-refractivity contribution < 1.29 is 10.2 Å². The summed E-state index contributed by atoms with van der Waals surface area (Å²) in [5, 5.41) is 17.8. The van der Waals surface area contributed by atoms with Gasteiger partial charge in [-0.1, -0.05) is 24.3 Å². The van der Waals surface area contributed by atoms with Crippen LogP contribution in [-0.4, -0.2) is 16.3 Å². The van der Waals surface area contributed by atoms with Crippen LogP contribution in [0.25, 0.3) is 0 Å². The molecule has 1 aromatic rings. The second-order valence-corrected chi connectivity index (χ2v) is 2.70. The molecular weight excluding hydrogens is 152 g/mol. The van der Waals surface area contributed by atoms with E-state index in [2.05, 4.69) is 0 Å². The van der Waals surface area contributed by atoms with Gasteiger partial charge in [0.1, 0.15) is 0 Å². The molecule has 0 aliphatic carbocycles. The van der Waals surface area contributed by atoms with Crippen molar-refractivity contribution in [3.63, 3.8) is 0 Å². The molecule has 1 atom stereocenters. The summed E-state index contributed by atoms with van der Waals surface area (Å²) in [7, 11) is 0. The molecule has 2 nitrogen and oxygen atoms in total. The van der Waals surface area contributed by atoms with Gasteiger partial charge in [0.25, 0.3) is 0 Å². The van der Waals surface area contributed by atoms with Crippen LogP contribution in [0.5, 0.6) is 0 Å². The molecule has 0 saturated heterocycles. The number of benzene rings is 1. The van der Waals surface area contributed by atoms with Gasteiger partial charge in [-0.25, -0.2) is 0 Å². The maximum Gasteiger partial charge on any atom is 0.0684 e. The molecule has 1 unspecified atom stereocenters. The van der Waals surface area contributed by atoms with E-state index >= 15 is 0 Å². The van der Waals surface area contributed by atoms with Crippen molar-refractivity contribution in [3.8, 4) is 0 Å². The Balaban J connectivity index is 2.82. The van der Waals surface area contributed by atoms with Crippen LogP contribution < -0.4 is 0 Å². The third-order valence-corrected chi connectivity index (χ3v) is 1.72. The van der Waals surface area contributed by atoms with Crippen LogP contribution in [0.4, 0.5) is 0 Å². The predicted octanol–water partition coefficient (Wildman–Crippen LogP) is 0.793. The van der Waals surface area contributed by atoms with E-state index in [9.17, 15) is 0 Å². The van der Waals surface area contributed by atoms with Crippen LogP contribution in [0.2, 0.25) is 0 Å². The molecule has 0 amide bonds. The Morgan fingerprint density at radius 3 is 2.33 bits per heavy atom. The molecule has 2 radical (unpaired) electrons. The van der Waals surface area contributed by atoms with Crippen LogP contribution in [0.3, 0.4) is 0 Å². The smallest absolute Gasteiger partial charge is 0.0684 e. The first-order chi connectivity index (χ1) is 5.74. The molecule has 0 aliphatic rings. The van der Waals surface area contributed by atoms with E-state index in [0.29, 0.717) is 6.42 Å². The molecule has 64 valence electrons. The first kappa shape index (κ1) is 9.23. The number of hydrogen-bond acceptors (Lipinski definition) is 2. The SMILES string of the molecule is [CH]C(O)Cc1ccccc1CO. The van der Waals surface area contributed by atoms with Crippen LogP contribution in [0.15, 0.2) is 24.3 Å². The quantitative estimate of drug-likeness (QED) is 0.693. The lowest BCUT2D eigenvalue weighted by molar-refractivity contribution is 0.219. The van der Waals surface area contributed by atoms with Crippen molar-refractivity contribution in [2.75, 3.05) is 0 Å². The average molecular weight is 164 g/mol. The van der Waals surface area contributed by atoms with Crippen molar-refractivity contribution in [1.82, 2.24) is 0 Å². The van der Waals surface area contributed by atoms with Crippen LogP contribution in [-0.2, 0) is 13.0 Å². The van der Waals surface area contributed by atoms with Gasteiger partial charge in [0.15, 0.2) is 0 Å². The predicted molar refractivity (Wildman–Crippen MR) is 46.4 cm³/mol. The first-order valence-electron chi connectivity index (χ1n) is 3.85. The lowest BCUT2D eigenvalue weighted by Gasteiger charge is -2.07. The molecule has 2 N–H and O–H groups in total. The number of rotatable bonds is 3. The maximum absolute atomic E-state index is 8.92. The number of hydrogen-bond donors (Lipinski definition) is 2. The van der Waals surface area contributed by atoms with Gasteiger partial charge in [-0.2, -0.15) is 0 Å². The summed E-state index contributed by atoms with van der Waals surface area (Å²) >= 11 is 0. The summed E-state index contributed by atoms with van der Waals surface area (Å²) in [6.07, 6.45) is -0.464. The fourth-order valence-electron chi connectivity index (χ4n) is 1.14. The summed E-state index contributed by atoms with van der Waals surface area (Å²) in [5.74, 6) is 0. The highest BCUT2D eigenvalue weighted by Crippen LogP contribution is 2.10. The van der Waals surface area contributed by atoms with Crippen LogP contribution in [0, 0.1) is 6.92 Å². The van der Waals surface area contributed by atoms with Crippen molar-refractivity contribution in [3.05, 3.63) is 42.3 Å². The van der Waals surface area contributed by atoms with Crippen molar-refractivity contribution >= 4 is 0 Å². The molecular formula is C10H12O2. The second kappa shape index (κ2) is 4.24. The Morgan fingerprint density at radius 2 is 1.83 bits per heavy atom. The van der Waals surface area contributed by atoms with Gasteiger partial charge in [-0.05, 0) is 24.5 Å². The molecule has 12 heavy (non-hydrogen) atoms. The minimum Gasteiger partial charge on any atom is -0.392 e. The third-order valence-electron chi connectivity index (χ3n) is 1.72. The van der Waals surface area contributed by atoms with Crippen LogP contribution in [0.1, 0.15) is 11.1 Å². The minimum absolute atomic E-state index is 0.0110. The van der Waals surface area contributed by atoms with Crippen molar-refractivity contribution in [2.24, 2.45) is 0 Å². The summed E-state index contributed by atoms with van der Waals surface area (Å²) < 4.78 is 0. The summed E-state index contributed by atoms with van der Waals surface area (Å²) in [4.78, 5) is 0. The normalized spacial score (nSPS) is 12.9. The Bertz CT molecular complexity index is 243. The van der Waals surface area contributed by atoms with Crippen LogP contribution >= 0.6 is 0 Å². The van der Waals surface area contributed by atoms with E-state index in [0.717, 1.165) is 11.1 Å². The summed E-state index contributed by atoms with van der Waals surface area (Å²) in [6.45, 7) is 5.21. The van der Waals surface area contributed by atoms with E-state index in [1.54, 1.807) is 0 Å². The van der Waals surface area contributed by atoms with Gasteiger partial charge in [0.05, 0.1) is 12.7 Å². The lowest BCUT2D eigenvalue weighted by Crippen LogP contribution is -2.06. The fraction of sp³-hybridized carbons (Fsp3) is 0.300. The number of aliphatic hydroxyl groups excluding tert-OH is 2. The van der Waals surface area contributed by atoms with Crippen molar-refractivity contribution in [1.29, 1.82) is 0 Å². The Morgan fingerprint density at radius 1 is 1.25 bits per heavy atom. The van der Waals surface area contributed by atoms with E-state index < -0.39 is 6.10 Å². The zero-order chi connectivity index (χ0) is 8.97. The van der Waals surface area contributed by atoms with Gasteiger partial charge in [0.2, 0.25) is 0 Å². The Labute approximate surface area is 72.5 Å². The zero-order valence-electron chi connectivity index (χ0n) is 6.77. The highest BCUT2D eigenvalue weighted by atomic mass is 16.3. The van der Waals surface area contributed by atoms with Gasteiger partial charge in [-0.3, -0.25) is 0 Å². The molecule has 0 aromatic heterocycles. The average Bonchev–Trinajstić information content (AvgIpc) is 2.04. The van der Waals surface area contributed by atoms with E-state index in [-0.39, 0.29) is 6.61 Å². The van der Waals surface area contributed by atoms with E-state index in [1.807, 2.05) is 24.3 Å². The lowest BCUT2D eigenvalue weighted by atomic mass is 10.0. The number of aliphatic hydroxyl groups is 2. The van der Waals surface area contributed by atoms with Gasteiger partial charge in [-0.15, -0.1) is 0 Å². The third kappa shape index (κ3) is 2.32. The van der Waals surface area contributed by atoms with E-state index in [4.69, 9.17) is 17.1 Å². The zero-order valence-corrected chi connectivity index (χ0v) is 6.77. The molecule has 0 fully saturated rings. The van der Waals surface area contributed by atoms with Crippen molar-refractivity contribution in [2.45, 2.75) is 19.1 Å². The standard InChI is InChI=1S/C10H12O2/c1-8(12)6-9-4-2-3-5-10(9)7-11/h1-5,8,11-12H,6-7H2. The van der Waals surface area contributed by atoms with Gasteiger partial charge >= 0.3 is 0 Å². The minimum atomic E-state index is -0.849. The molecule has 0 aliphatic heterocycles. The molecule has 0 bridgehead atoms. The topological polar surface area (TPSA) is 40.5 Å². The molecule has 0 heterocycles. The largest absolute Gasteiger partial charge is 0.392 e. The fourth-order valence-corrected chi connectivity index (χ4v) is 1.14. The molecule has 0 saturated carbocycles. The summed E-state index contributed by atoms with van der Waals surface area (Å²) in [5.41, 5.74) is 1.72. The monoisotopic (exact) mass is 164 g/mol. The van der Waals surface area contributed by atoms with E-state index in [1.165, 1.54) is 0 Å². The molecule has 2 heteroatoms. The maximum atomic E-state index is 8.92. The molecule has 0 spiro atoms. The highest BCUT2D eigenvalue weighted by Gasteiger charge is 2.03.